The lowest BCUT2D eigenvalue weighted by atomic mass is 9.90. The summed E-state index contributed by atoms with van der Waals surface area (Å²) in [5, 5.41) is 1.95. The largest absolute Gasteiger partial charge is 0.375 e. The lowest BCUT2D eigenvalue weighted by Crippen LogP contribution is -2.14. The first kappa shape index (κ1) is 14.6. The van der Waals surface area contributed by atoms with Gasteiger partial charge >= 0.3 is 0 Å². The second-order valence-electron chi connectivity index (χ2n) is 5.45. The highest BCUT2D eigenvalue weighted by molar-refractivity contribution is 7.15. The molecule has 0 bridgehead atoms. The van der Waals surface area contributed by atoms with Crippen LogP contribution in [0.2, 0.25) is 10.0 Å². The fourth-order valence-electron chi connectivity index (χ4n) is 1.94. The van der Waals surface area contributed by atoms with Gasteiger partial charge in [-0.15, -0.1) is 11.3 Å². The molecule has 0 saturated heterocycles. The van der Waals surface area contributed by atoms with Gasteiger partial charge in [0.05, 0.1) is 5.69 Å². The molecule has 2 nitrogen and oxygen atoms in total. The first-order chi connectivity index (χ1) is 8.79. The van der Waals surface area contributed by atoms with Gasteiger partial charge in [0.25, 0.3) is 0 Å². The van der Waals surface area contributed by atoms with E-state index in [-0.39, 0.29) is 5.41 Å². The third-order valence-corrected chi connectivity index (χ3v) is 4.42. The molecule has 102 valence electrons. The number of nitrogen functional groups attached to an aromatic ring is 1. The van der Waals surface area contributed by atoms with E-state index in [1.165, 1.54) is 11.3 Å². The molecule has 2 rings (SSSR count). The van der Waals surface area contributed by atoms with Gasteiger partial charge < -0.3 is 5.73 Å². The summed E-state index contributed by atoms with van der Waals surface area (Å²) >= 11 is 13.9. The van der Waals surface area contributed by atoms with E-state index in [0.717, 1.165) is 16.1 Å². The van der Waals surface area contributed by atoms with Crippen molar-refractivity contribution in [3.8, 4) is 0 Å². The highest BCUT2D eigenvalue weighted by atomic mass is 35.5. The summed E-state index contributed by atoms with van der Waals surface area (Å²) in [5.74, 6) is 0. The highest BCUT2D eigenvalue weighted by Gasteiger charge is 2.23. The predicted octanol–water partition coefficient (Wildman–Crippen LogP) is 4.92. The molecule has 1 aromatic carbocycles. The Morgan fingerprint density at radius 3 is 2.32 bits per heavy atom. The number of rotatable bonds is 2. The van der Waals surface area contributed by atoms with Gasteiger partial charge in [0.1, 0.15) is 0 Å². The quantitative estimate of drug-likeness (QED) is 0.854. The zero-order chi connectivity index (χ0) is 14.2. The maximum Gasteiger partial charge on any atom is 0.180 e. The molecule has 1 heterocycles. The Hall–Kier alpha value is -0.770. The first-order valence-corrected chi connectivity index (χ1v) is 7.55. The Morgan fingerprint density at radius 1 is 1.21 bits per heavy atom. The van der Waals surface area contributed by atoms with Crippen molar-refractivity contribution in [3.63, 3.8) is 0 Å². The van der Waals surface area contributed by atoms with Crippen LogP contribution in [0, 0.1) is 0 Å². The minimum absolute atomic E-state index is 0.0445. The number of benzene rings is 1. The van der Waals surface area contributed by atoms with Gasteiger partial charge in [0, 0.05) is 26.8 Å². The van der Waals surface area contributed by atoms with Crippen molar-refractivity contribution in [1.82, 2.24) is 4.98 Å². The zero-order valence-corrected chi connectivity index (χ0v) is 13.5. The molecule has 2 aromatic rings. The average molecular weight is 315 g/mol. The fraction of sp³-hybridized carbons (Fsp3) is 0.357. The van der Waals surface area contributed by atoms with Crippen molar-refractivity contribution in [3.05, 3.63) is 44.4 Å². The van der Waals surface area contributed by atoms with Crippen LogP contribution < -0.4 is 5.73 Å². The molecule has 0 aliphatic heterocycles. The summed E-state index contributed by atoms with van der Waals surface area (Å²) in [6.07, 6.45) is 0.667. The molecule has 19 heavy (non-hydrogen) atoms. The number of thiazole rings is 1. The second kappa shape index (κ2) is 5.31. The van der Waals surface area contributed by atoms with Crippen LogP contribution in [0.25, 0.3) is 0 Å². The number of hydrogen-bond acceptors (Lipinski definition) is 3. The fourth-order valence-corrected chi connectivity index (χ4v) is 3.52. The van der Waals surface area contributed by atoms with Gasteiger partial charge in [0.2, 0.25) is 0 Å². The molecule has 0 aliphatic carbocycles. The number of nitrogens with zero attached hydrogens (tertiary/aromatic N) is 1. The summed E-state index contributed by atoms with van der Waals surface area (Å²) in [6, 6.07) is 5.55. The van der Waals surface area contributed by atoms with Crippen molar-refractivity contribution in [2.45, 2.75) is 32.6 Å². The Labute approximate surface area is 127 Å². The van der Waals surface area contributed by atoms with Crippen LogP contribution in [0.15, 0.2) is 18.2 Å². The third-order valence-electron chi connectivity index (χ3n) is 2.82. The number of hydrogen-bond donors (Lipinski definition) is 1. The summed E-state index contributed by atoms with van der Waals surface area (Å²) in [6.45, 7) is 6.37. The summed E-state index contributed by atoms with van der Waals surface area (Å²) in [7, 11) is 0. The molecule has 0 radical (unpaired) electrons. The maximum absolute atomic E-state index is 6.22. The van der Waals surface area contributed by atoms with Crippen LogP contribution in [-0.2, 0) is 11.8 Å². The van der Waals surface area contributed by atoms with E-state index in [1.807, 2.05) is 18.2 Å². The lowest BCUT2D eigenvalue weighted by molar-refractivity contribution is 0.568. The number of anilines is 1. The van der Waals surface area contributed by atoms with E-state index in [9.17, 15) is 0 Å². The number of halogens is 2. The summed E-state index contributed by atoms with van der Waals surface area (Å²) < 4.78 is 0. The molecular weight excluding hydrogens is 299 g/mol. The van der Waals surface area contributed by atoms with Crippen LogP contribution in [0.5, 0.6) is 0 Å². The maximum atomic E-state index is 6.22. The standard InChI is InChI=1S/C14H16Cl2N2S/c1-14(2,3)12-11(19-13(17)18-12)7-8-9(15)5-4-6-10(8)16/h4-6H,7H2,1-3H3,(H2,17,18). The van der Waals surface area contributed by atoms with E-state index in [1.54, 1.807) is 0 Å². The monoisotopic (exact) mass is 314 g/mol. The Morgan fingerprint density at radius 2 is 1.79 bits per heavy atom. The van der Waals surface area contributed by atoms with E-state index in [2.05, 4.69) is 25.8 Å². The molecule has 0 unspecified atom stereocenters. The number of nitrogens with two attached hydrogens (primary N) is 1. The molecule has 0 amide bonds. The van der Waals surface area contributed by atoms with E-state index < -0.39 is 0 Å². The molecule has 0 aliphatic rings. The normalized spacial score (nSPS) is 11.8. The van der Waals surface area contributed by atoms with Gasteiger partial charge in [0.15, 0.2) is 5.13 Å². The first-order valence-electron chi connectivity index (χ1n) is 5.97. The van der Waals surface area contributed by atoms with Crippen LogP contribution >= 0.6 is 34.5 Å². The molecule has 0 saturated carbocycles. The third kappa shape index (κ3) is 3.22. The van der Waals surface area contributed by atoms with Crippen molar-refractivity contribution >= 4 is 39.7 Å². The SMILES string of the molecule is CC(C)(C)c1nc(N)sc1Cc1c(Cl)cccc1Cl. The highest BCUT2D eigenvalue weighted by Crippen LogP contribution is 2.35. The van der Waals surface area contributed by atoms with Crippen LogP contribution in [0.3, 0.4) is 0 Å². The second-order valence-corrected chi connectivity index (χ2v) is 7.38. The van der Waals surface area contributed by atoms with E-state index in [4.69, 9.17) is 28.9 Å². The van der Waals surface area contributed by atoms with Crippen LogP contribution in [-0.4, -0.2) is 4.98 Å². The van der Waals surface area contributed by atoms with Gasteiger partial charge in [-0.05, 0) is 17.7 Å². The van der Waals surface area contributed by atoms with E-state index in [0.29, 0.717) is 21.6 Å². The Balaban J connectivity index is 2.45. The smallest absolute Gasteiger partial charge is 0.180 e. The summed E-state index contributed by atoms with van der Waals surface area (Å²) in [4.78, 5) is 5.57. The molecule has 0 atom stereocenters. The van der Waals surface area contributed by atoms with Gasteiger partial charge in [-0.1, -0.05) is 50.0 Å². The van der Waals surface area contributed by atoms with Gasteiger partial charge in [-0.2, -0.15) is 0 Å². The lowest BCUT2D eigenvalue weighted by Gasteiger charge is -2.18. The van der Waals surface area contributed by atoms with Crippen molar-refractivity contribution < 1.29 is 0 Å². The van der Waals surface area contributed by atoms with Crippen molar-refractivity contribution in [2.75, 3.05) is 5.73 Å². The molecular formula is C14H16Cl2N2S. The molecule has 5 heteroatoms. The van der Waals surface area contributed by atoms with Crippen molar-refractivity contribution in [1.29, 1.82) is 0 Å². The Kier molecular flexibility index (Phi) is 4.09. The van der Waals surface area contributed by atoms with Crippen LogP contribution in [0.1, 0.15) is 36.9 Å². The van der Waals surface area contributed by atoms with Crippen LogP contribution in [0.4, 0.5) is 5.13 Å². The average Bonchev–Trinajstić information content (AvgIpc) is 2.65. The minimum atomic E-state index is -0.0445. The van der Waals surface area contributed by atoms with Gasteiger partial charge in [-0.3, -0.25) is 0 Å². The predicted molar refractivity (Wildman–Crippen MR) is 84.5 cm³/mol. The molecule has 0 spiro atoms. The topological polar surface area (TPSA) is 38.9 Å². The van der Waals surface area contributed by atoms with Crippen molar-refractivity contribution in [2.24, 2.45) is 0 Å². The number of aromatic nitrogens is 1. The van der Waals surface area contributed by atoms with Gasteiger partial charge in [-0.25, -0.2) is 4.98 Å². The Bertz CT molecular complexity index is 580. The summed E-state index contributed by atoms with van der Waals surface area (Å²) in [5.41, 5.74) is 7.75. The minimum Gasteiger partial charge on any atom is -0.375 e. The molecule has 1 aromatic heterocycles. The molecule has 2 N–H and O–H groups in total. The molecule has 0 fully saturated rings. The van der Waals surface area contributed by atoms with E-state index >= 15 is 0 Å². The zero-order valence-electron chi connectivity index (χ0n) is 11.1.